The first-order valence-electron chi connectivity index (χ1n) is 11.6. The van der Waals surface area contributed by atoms with E-state index in [2.05, 4.69) is 67.8 Å². The summed E-state index contributed by atoms with van der Waals surface area (Å²) in [6.07, 6.45) is 2.29. The van der Waals surface area contributed by atoms with Gasteiger partial charge in [-0.05, 0) is 50.8 Å². The monoisotopic (exact) mass is 439 g/mol. The molecular weight excluding hydrogens is 402 g/mol. The summed E-state index contributed by atoms with van der Waals surface area (Å²) >= 11 is 0. The third kappa shape index (κ3) is 7.24. The molecule has 174 valence electrons. The summed E-state index contributed by atoms with van der Waals surface area (Å²) in [6, 6.07) is 14.8. The quantitative estimate of drug-likeness (QED) is 0.444. The molecule has 0 saturated carbocycles. The third-order valence-corrected chi connectivity index (χ3v) is 5.65. The van der Waals surface area contributed by atoms with Gasteiger partial charge in [-0.2, -0.15) is 0 Å². The Morgan fingerprint density at radius 2 is 1.84 bits per heavy atom. The van der Waals surface area contributed by atoms with E-state index in [-0.39, 0.29) is 6.04 Å². The molecule has 3 rings (SSSR count). The highest BCUT2D eigenvalue weighted by atomic mass is 16.5. The number of guanidine groups is 1. The largest absolute Gasteiger partial charge is 0.496 e. The van der Waals surface area contributed by atoms with E-state index in [0.717, 1.165) is 55.4 Å². The first kappa shape index (κ1) is 24.1. The zero-order chi connectivity index (χ0) is 22.8. The Labute approximate surface area is 192 Å². The normalized spacial score (nSPS) is 15.9. The highest BCUT2D eigenvalue weighted by molar-refractivity contribution is 5.80. The number of ether oxygens (including phenoxy) is 3. The predicted molar refractivity (Wildman–Crippen MR) is 129 cm³/mol. The zero-order valence-electron chi connectivity index (χ0n) is 19.8. The van der Waals surface area contributed by atoms with Crippen LogP contribution in [0.5, 0.6) is 5.75 Å². The van der Waals surface area contributed by atoms with Gasteiger partial charge in [0.25, 0.3) is 0 Å². The van der Waals surface area contributed by atoms with E-state index in [1.165, 1.54) is 11.1 Å². The number of nitrogens with one attached hydrogen (secondary N) is 2. The molecular formula is C26H37N3O3. The summed E-state index contributed by atoms with van der Waals surface area (Å²) in [5, 5.41) is 6.84. The molecule has 2 aromatic carbocycles. The van der Waals surface area contributed by atoms with Crippen molar-refractivity contribution in [3.63, 3.8) is 0 Å². The van der Waals surface area contributed by atoms with Gasteiger partial charge >= 0.3 is 0 Å². The van der Waals surface area contributed by atoms with Crippen molar-refractivity contribution in [2.45, 2.75) is 58.9 Å². The van der Waals surface area contributed by atoms with Crippen molar-refractivity contribution < 1.29 is 14.2 Å². The van der Waals surface area contributed by atoms with Crippen LogP contribution in [0.4, 0.5) is 0 Å². The summed E-state index contributed by atoms with van der Waals surface area (Å²) < 4.78 is 16.9. The number of benzene rings is 2. The maximum absolute atomic E-state index is 6.01. The van der Waals surface area contributed by atoms with Crippen LogP contribution in [0.3, 0.4) is 0 Å². The highest BCUT2D eigenvalue weighted by Crippen LogP contribution is 2.26. The Hall–Kier alpha value is -2.57. The fraction of sp³-hybridized carbons (Fsp3) is 0.500. The number of aryl methyl sites for hydroxylation is 1. The molecule has 0 amide bonds. The van der Waals surface area contributed by atoms with Gasteiger partial charge in [0.05, 0.1) is 32.4 Å². The molecule has 1 atom stereocenters. The zero-order valence-corrected chi connectivity index (χ0v) is 19.8. The van der Waals surface area contributed by atoms with Crippen molar-refractivity contribution in [3.8, 4) is 5.75 Å². The molecule has 0 spiro atoms. The van der Waals surface area contributed by atoms with Crippen LogP contribution in [0.1, 0.15) is 55.0 Å². The lowest BCUT2D eigenvalue weighted by Gasteiger charge is -2.22. The summed E-state index contributed by atoms with van der Waals surface area (Å²) in [6.45, 7) is 9.94. The Morgan fingerprint density at radius 1 is 1.12 bits per heavy atom. The smallest absolute Gasteiger partial charge is 0.192 e. The molecule has 6 nitrogen and oxygen atoms in total. The lowest BCUT2D eigenvalue weighted by Crippen LogP contribution is -2.38. The lowest BCUT2D eigenvalue weighted by atomic mass is 10.0. The molecule has 1 heterocycles. The van der Waals surface area contributed by atoms with Gasteiger partial charge in [0, 0.05) is 25.3 Å². The number of nitrogens with zero attached hydrogens (tertiary/aromatic N) is 1. The fourth-order valence-electron chi connectivity index (χ4n) is 3.76. The fourth-order valence-corrected chi connectivity index (χ4v) is 3.76. The molecule has 1 unspecified atom stereocenters. The van der Waals surface area contributed by atoms with Crippen molar-refractivity contribution in [3.05, 3.63) is 64.7 Å². The van der Waals surface area contributed by atoms with Gasteiger partial charge in [0.2, 0.25) is 0 Å². The second-order valence-corrected chi connectivity index (χ2v) is 8.25. The molecule has 2 N–H and O–H groups in total. The van der Waals surface area contributed by atoms with Crippen molar-refractivity contribution in [2.75, 3.05) is 26.9 Å². The van der Waals surface area contributed by atoms with Crippen LogP contribution < -0.4 is 15.4 Å². The van der Waals surface area contributed by atoms with E-state index in [4.69, 9.17) is 19.2 Å². The van der Waals surface area contributed by atoms with Crippen molar-refractivity contribution >= 4 is 5.96 Å². The maximum atomic E-state index is 6.01. The number of rotatable bonds is 9. The molecule has 0 bridgehead atoms. The Morgan fingerprint density at radius 3 is 2.53 bits per heavy atom. The van der Waals surface area contributed by atoms with Gasteiger partial charge < -0.3 is 24.8 Å². The van der Waals surface area contributed by atoms with Crippen LogP contribution in [0.15, 0.2) is 47.5 Å². The van der Waals surface area contributed by atoms with Crippen molar-refractivity contribution in [1.82, 2.24) is 10.6 Å². The van der Waals surface area contributed by atoms with Gasteiger partial charge in [-0.25, -0.2) is 4.99 Å². The molecule has 1 aliphatic heterocycles. The minimum absolute atomic E-state index is 0.0624. The average Bonchev–Trinajstić information content (AvgIpc) is 2.82. The summed E-state index contributed by atoms with van der Waals surface area (Å²) in [5.41, 5.74) is 4.68. The molecule has 32 heavy (non-hydrogen) atoms. The Balaban J connectivity index is 1.57. The van der Waals surface area contributed by atoms with Crippen molar-refractivity contribution in [2.24, 2.45) is 4.99 Å². The molecule has 0 radical (unpaired) electrons. The van der Waals surface area contributed by atoms with Gasteiger partial charge in [-0.1, -0.05) is 42.0 Å². The summed E-state index contributed by atoms with van der Waals surface area (Å²) in [5.74, 6) is 1.67. The Kier molecular flexibility index (Phi) is 9.38. The second kappa shape index (κ2) is 12.5. The number of methoxy groups -OCH3 is 1. The number of hydrogen-bond acceptors (Lipinski definition) is 4. The van der Waals surface area contributed by atoms with Crippen LogP contribution in [0.2, 0.25) is 0 Å². The minimum atomic E-state index is 0.0624. The third-order valence-electron chi connectivity index (χ3n) is 5.65. The Bertz CT molecular complexity index is 861. The second-order valence-electron chi connectivity index (χ2n) is 8.25. The van der Waals surface area contributed by atoms with Crippen LogP contribution in [0, 0.1) is 6.92 Å². The van der Waals surface area contributed by atoms with Crippen LogP contribution >= 0.6 is 0 Å². The van der Waals surface area contributed by atoms with Crippen LogP contribution in [-0.2, 0) is 22.6 Å². The van der Waals surface area contributed by atoms with Gasteiger partial charge in [-0.15, -0.1) is 0 Å². The molecule has 6 heteroatoms. The minimum Gasteiger partial charge on any atom is -0.496 e. The average molecular weight is 440 g/mol. The van der Waals surface area contributed by atoms with E-state index in [0.29, 0.717) is 19.3 Å². The highest BCUT2D eigenvalue weighted by Gasteiger charge is 2.15. The van der Waals surface area contributed by atoms with Crippen molar-refractivity contribution in [1.29, 1.82) is 0 Å². The van der Waals surface area contributed by atoms with Crippen LogP contribution in [-0.4, -0.2) is 38.9 Å². The van der Waals surface area contributed by atoms with E-state index in [1.807, 2.05) is 6.07 Å². The van der Waals surface area contributed by atoms with E-state index >= 15 is 0 Å². The van der Waals surface area contributed by atoms with E-state index < -0.39 is 0 Å². The van der Waals surface area contributed by atoms with E-state index in [9.17, 15) is 0 Å². The first-order chi connectivity index (χ1) is 15.6. The maximum Gasteiger partial charge on any atom is 0.192 e. The lowest BCUT2D eigenvalue weighted by molar-refractivity contribution is -0.0390. The predicted octanol–water partition coefficient (Wildman–Crippen LogP) is 4.52. The molecule has 0 aliphatic carbocycles. The van der Waals surface area contributed by atoms with E-state index in [1.54, 1.807) is 7.11 Å². The first-order valence-corrected chi connectivity index (χ1v) is 11.6. The summed E-state index contributed by atoms with van der Waals surface area (Å²) in [4.78, 5) is 4.78. The van der Waals surface area contributed by atoms with Gasteiger partial charge in [0.1, 0.15) is 5.75 Å². The number of aliphatic imine (C=N–C) groups is 1. The summed E-state index contributed by atoms with van der Waals surface area (Å²) in [7, 11) is 1.71. The number of hydrogen-bond donors (Lipinski definition) is 2. The standard InChI is InChI=1S/C26H37N3O3/c1-5-27-26(29-20(3)24-16-19(2)6-11-25(24)30-4)28-17-21-7-9-22(10-8-21)18-32-23-12-14-31-15-13-23/h6-11,16,20,23H,5,12-15,17-18H2,1-4H3,(H2,27,28,29). The molecule has 1 saturated heterocycles. The molecule has 1 fully saturated rings. The van der Waals surface area contributed by atoms with Gasteiger partial charge in [-0.3, -0.25) is 0 Å². The van der Waals surface area contributed by atoms with Crippen LogP contribution in [0.25, 0.3) is 0 Å². The van der Waals surface area contributed by atoms with Gasteiger partial charge in [0.15, 0.2) is 5.96 Å². The molecule has 1 aliphatic rings. The molecule has 0 aromatic heterocycles. The topological polar surface area (TPSA) is 64.1 Å². The molecule has 2 aromatic rings. The SMILES string of the molecule is CCNC(=NCc1ccc(COC2CCOCC2)cc1)NC(C)c1cc(C)ccc1OC.